The maximum atomic E-state index is 12.5. The first kappa shape index (κ1) is 13.9. The molecule has 1 saturated heterocycles. The zero-order chi connectivity index (χ0) is 15.0. The van der Waals surface area contributed by atoms with Gasteiger partial charge >= 0.3 is 5.97 Å². The molecule has 2 aliphatic rings. The predicted molar refractivity (Wildman–Crippen MR) is 77.5 cm³/mol. The molecule has 1 atom stereocenters. The summed E-state index contributed by atoms with van der Waals surface area (Å²) >= 11 is 1.42. The Bertz CT molecular complexity index is 631. The Morgan fingerprint density at radius 2 is 2.19 bits per heavy atom. The molecule has 6 nitrogen and oxygen atoms in total. The molecule has 2 aliphatic heterocycles. The van der Waals surface area contributed by atoms with Crippen LogP contribution in [0.1, 0.15) is 23.2 Å². The summed E-state index contributed by atoms with van der Waals surface area (Å²) in [6, 6.07) is 4.35. The number of aliphatic carboxylic acids is 1. The second kappa shape index (κ2) is 5.40. The van der Waals surface area contributed by atoms with Crippen molar-refractivity contribution in [3.63, 3.8) is 0 Å². The molecular formula is C14H14N2O4S. The zero-order valence-electron chi connectivity index (χ0n) is 11.2. The number of carbonyl (C=O) groups excluding carboxylic acids is 2. The molecule has 0 aromatic heterocycles. The van der Waals surface area contributed by atoms with Crippen LogP contribution in [0.15, 0.2) is 23.1 Å². The number of carboxylic acid groups (broad SMARTS) is 1. The largest absolute Gasteiger partial charge is 0.480 e. The van der Waals surface area contributed by atoms with E-state index in [-0.39, 0.29) is 11.8 Å². The van der Waals surface area contributed by atoms with Gasteiger partial charge in [0, 0.05) is 17.0 Å². The van der Waals surface area contributed by atoms with Gasteiger partial charge in [-0.2, -0.15) is 0 Å². The highest BCUT2D eigenvalue weighted by molar-refractivity contribution is 8.00. The highest BCUT2D eigenvalue weighted by atomic mass is 32.2. The number of rotatable bonds is 2. The average Bonchev–Trinajstić information content (AvgIpc) is 2.95. The molecule has 2 heterocycles. The lowest BCUT2D eigenvalue weighted by atomic mass is 10.1. The van der Waals surface area contributed by atoms with Crippen molar-refractivity contribution < 1.29 is 19.5 Å². The number of carbonyl (C=O) groups is 3. The first-order chi connectivity index (χ1) is 10.1. The summed E-state index contributed by atoms with van der Waals surface area (Å²) in [6.45, 7) is 0.452. The molecule has 3 rings (SSSR count). The van der Waals surface area contributed by atoms with Crippen molar-refractivity contribution in [3.8, 4) is 0 Å². The molecule has 0 spiro atoms. The Balaban J connectivity index is 1.87. The lowest BCUT2D eigenvalue weighted by molar-refractivity contribution is -0.141. The maximum Gasteiger partial charge on any atom is 0.326 e. The van der Waals surface area contributed by atoms with E-state index in [9.17, 15) is 14.4 Å². The van der Waals surface area contributed by atoms with Crippen molar-refractivity contribution in [2.24, 2.45) is 0 Å². The molecule has 21 heavy (non-hydrogen) atoms. The molecule has 0 bridgehead atoms. The Morgan fingerprint density at radius 3 is 2.95 bits per heavy atom. The van der Waals surface area contributed by atoms with Gasteiger partial charge in [0.15, 0.2) is 0 Å². The van der Waals surface area contributed by atoms with Gasteiger partial charge in [0.05, 0.1) is 11.4 Å². The van der Waals surface area contributed by atoms with Gasteiger partial charge in [-0.1, -0.05) is 0 Å². The van der Waals surface area contributed by atoms with Crippen molar-refractivity contribution in [1.29, 1.82) is 0 Å². The van der Waals surface area contributed by atoms with E-state index in [0.29, 0.717) is 36.4 Å². The van der Waals surface area contributed by atoms with Crippen LogP contribution in [0.2, 0.25) is 0 Å². The molecule has 1 aromatic carbocycles. The van der Waals surface area contributed by atoms with Crippen molar-refractivity contribution in [2.45, 2.75) is 23.8 Å². The number of hydrogen-bond acceptors (Lipinski definition) is 4. The van der Waals surface area contributed by atoms with Gasteiger partial charge < -0.3 is 15.3 Å². The van der Waals surface area contributed by atoms with Crippen LogP contribution >= 0.6 is 11.8 Å². The van der Waals surface area contributed by atoms with Crippen LogP contribution in [-0.2, 0) is 9.59 Å². The van der Waals surface area contributed by atoms with Gasteiger partial charge in [-0.05, 0) is 31.0 Å². The van der Waals surface area contributed by atoms with Crippen molar-refractivity contribution in [1.82, 2.24) is 4.90 Å². The third kappa shape index (κ3) is 2.61. The molecule has 0 radical (unpaired) electrons. The number of nitrogens with one attached hydrogen (secondary N) is 1. The Hall–Kier alpha value is -2.02. The summed E-state index contributed by atoms with van der Waals surface area (Å²) in [5.74, 6) is -0.995. The number of amides is 2. The van der Waals surface area contributed by atoms with E-state index in [2.05, 4.69) is 5.32 Å². The fourth-order valence-corrected chi connectivity index (χ4v) is 3.44. The quantitative estimate of drug-likeness (QED) is 0.863. The number of anilines is 1. The van der Waals surface area contributed by atoms with Gasteiger partial charge in [0.1, 0.15) is 6.04 Å². The van der Waals surface area contributed by atoms with Crippen molar-refractivity contribution >= 4 is 35.2 Å². The molecule has 7 heteroatoms. The van der Waals surface area contributed by atoms with Gasteiger partial charge in [0.2, 0.25) is 5.91 Å². The maximum absolute atomic E-state index is 12.5. The normalized spacial score (nSPS) is 20.9. The summed E-state index contributed by atoms with van der Waals surface area (Å²) < 4.78 is 0. The molecule has 110 valence electrons. The fraction of sp³-hybridized carbons (Fsp3) is 0.357. The number of benzene rings is 1. The zero-order valence-corrected chi connectivity index (χ0v) is 12.0. The first-order valence-corrected chi connectivity index (χ1v) is 7.65. The highest BCUT2D eigenvalue weighted by Crippen LogP contribution is 2.32. The molecule has 2 N–H and O–H groups in total. The van der Waals surface area contributed by atoms with Crippen LogP contribution in [0, 0.1) is 0 Å². The minimum atomic E-state index is -0.970. The van der Waals surface area contributed by atoms with E-state index in [1.54, 1.807) is 18.2 Å². The van der Waals surface area contributed by atoms with E-state index in [0.717, 1.165) is 4.90 Å². The van der Waals surface area contributed by atoms with Gasteiger partial charge in [-0.25, -0.2) is 4.79 Å². The van der Waals surface area contributed by atoms with Gasteiger partial charge in [-0.15, -0.1) is 11.8 Å². The number of likely N-dealkylation sites (tertiary alicyclic amines) is 1. The number of hydrogen-bond donors (Lipinski definition) is 2. The SMILES string of the molecule is O=C1CSc2ccc(C(=O)N3CCC[C@H]3C(=O)O)cc2N1. The lowest BCUT2D eigenvalue weighted by Crippen LogP contribution is -2.40. The van der Waals surface area contributed by atoms with Crippen molar-refractivity contribution in [2.75, 3.05) is 17.6 Å². The minimum absolute atomic E-state index is 0.0957. The van der Waals surface area contributed by atoms with Crippen molar-refractivity contribution in [3.05, 3.63) is 23.8 Å². The lowest BCUT2D eigenvalue weighted by Gasteiger charge is -2.23. The smallest absolute Gasteiger partial charge is 0.326 e. The second-order valence-electron chi connectivity index (χ2n) is 5.04. The number of thioether (sulfide) groups is 1. The molecule has 0 saturated carbocycles. The van der Waals surface area contributed by atoms with Crippen LogP contribution in [0.3, 0.4) is 0 Å². The standard InChI is InChI=1S/C14H14N2O4S/c17-12-7-21-11-4-3-8(6-9(11)15-12)13(18)16-5-1-2-10(16)14(19)20/h3-4,6,10H,1-2,5,7H2,(H,15,17)(H,19,20)/t10-/m0/s1. The number of fused-ring (bicyclic) bond motifs is 1. The molecule has 2 amide bonds. The summed E-state index contributed by atoms with van der Waals surface area (Å²) in [6.07, 6.45) is 1.18. The Kier molecular flexibility index (Phi) is 3.59. The van der Waals surface area contributed by atoms with Crippen LogP contribution in [0.25, 0.3) is 0 Å². The summed E-state index contributed by atoms with van der Waals surface area (Å²) in [5, 5.41) is 11.9. The number of nitrogens with zero attached hydrogens (tertiary/aromatic N) is 1. The van der Waals surface area contributed by atoms with E-state index in [4.69, 9.17) is 5.11 Å². The third-order valence-corrected chi connectivity index (χ3v) is 4.73. The van der Waals surface area contributed by atoms with E-state index in [1.165, 1.54) is 16.7 Å². The molecule has 1 fully saturated rings. The molecule has 0 unspecified atom stereocenters. The topological polar surface area (TPSA) is 86.7 Å². The van der Waals surface area contributed by atoms with Crippen LogP contribution in [0.4, 0.5) is 5.69 Å². The summed E-state index contributed by atoms with van der Waals surface area (Å²) in [4.78, 5) is 37.4. The third-order valence-electron chi connectivity index (χ3n) is 3.66. The van der Waals surface area contributed by atoms with Gasteiger partial charge in [0.25, 0.3) is 5.91 Å². The molecular weight excluding hydrogens is 292 g/mol. The monoisotopic (exact) mass is 306 g/mol. The minimum Gasteiger partial charge on any atom is -0.480 e. The predicted octanol–water partition coefficient (Wildman–Crippen LogP) is 1.42. The van der Waals surface area contributed by atoms with Crippen LogP contribution in [-0.4, -0.2) is 46.1 Å². The first-order valence-electron chi connectivity index (χ1n) is 6.67. The Labute approximate surface area is 125 Å². The fourth-order valence-electron chi connectivity index (χ4n) is 2.65. The summed E-state index contributed by atoms with van der Waals surface area (Å²) in [7, 11) is 0. The number of carboxylic acids is 1. The van der Waals surface area contributed by atoms with Crippen LogP contribution < -0.4 is 5.32 Å². The molecule has 1 aromatic rings. The van der Waals surface area contributed by atoms with E-state index < -0.39 is 12.0 Å². The Morgan fingerprint density at radius 1 is 1.38 bits per heavy atom. The van der Waals surface area contributed by atoms with E-state index >= 15 is 0 Å². The average molecular weight is 306 g/mol. The highest BCUT2D eigenvalue weighted by Gasteiger charge is 2.34. The van der Waals surface area contributed by atoms with Crippen LogP contribution in [0.5, 0.6) is 0 Å². The van der Waals surface area contributed by atoms with Gasteiger partial charge in [-0.3, -0.25) is 9.59 Å². The summed E-state index contributed by atoms with van der Waals surface area (Å²) in [5.41, 5.74) is 1.03. The molecule has 0 aliphatic carbocycles. The van der Waals surface area contributed by atoms with E-state index in [1.807, 2.05) is 0 Å². The second-order valence-corrected chi connectivity index (χ2v) is 6.06.